The number of ether oxygens (including phenoxy) is 2. The van der Waals surface area contributed by atoms with Crippen molar-refractivity contribution < 1.29 is 14.3 Å². The van der Waals surface area contributed by atoms with Crippen LogP contribution in [0.3, 0.4) is 0 Å². The van der Waals surface area contributed by atoms with Gasteiger partial charge in [0.05, 0.1) is 17.3 Å². The lowest BCUT2D eigenvalue weighted by molar-refractivity contribution is -0.123. The van der Waals surface area contributed by atoms with Gasteiger partial charge < -0.3 is 9.47 Å². The maximum atomic E-state index is 12.2. The zero-order chi connectivity index (χ0) is 22.4. The largest absolute Gasteiger partial charge is 0.493 e. The van der Waals surface area contributed by atoms with E-state index in [4.69, 9.17) is 9.47 Å². The second-order valence-electron chi connectivity index (χ2n) is 8.11. The van der Waals surface area contributed by atoms with Gasteiger partial charge in [0.15, 0.2) is 6.61 Å². The summed E-state index contributed by atoms with van der Waals surface area (Å²) in [6.07, 6.45) is 1.61. The van der Waals surface area contributed by atoms with Crippen molar-refractivity contribution in [3.63, 3.8) is 0 Å². The molecule has 0 radical (unpaired) electrons. The van der Waals surface area contributed by atoms with Crippen LogP contribution >= 0.6 is 15.9 Å². The third kappa shape index (κ3) is 5.85. The molecule has 0 unspecified atom stereocenters. The van der Waals surface area contributed by atoms with Gasteiger partial charge >= 0.3 is 0 Å². The molecule has 3 rings (SSSR count). The highest BCUT2D eigenvalue weighted by molar-refractivity contribution is 9.10. The Morgan fingerprint density at radius 3 is 2.52 bits per heavy atom. The molecule has 0 aromatic heterocycles. The molecule has 5 nitrogen and oxygen atoms in total. The summed E-state index contributed by atoms with van der Waals surface area (Å²) in [7, 11) is 0. The third-order valence-corrected chi connectivity index (χ3v) is 5.39. The summed E-state index contributed by atoms with van der Waals surface area (Å²) in [6, 6.07) is 17.8. The summed E-state index contributed by atoms with van der Waals surface area (Å²) in [5.74, 6) is 0.986. The van der Waals surface area contributed by atoms with Crippen molar-refractivity contribution in [3.05, 3.63) is 70.2 Å². The predicted octanol–water partition coefficient (Wildman–Crippen LogP) is 5.83. The van der Waals surface area contributed by atoms with E-state index in [2.05, 4.69) is 47.2 Å². The van der Waals surface area contributed by atoms with E-state index in [0.717, 1.165) is 26.6 Å². The van der Waals surface area contributed by atoms with E-state index in [0.29, 0.717) is 12.4 Å². The number of hydrogen-bond acceptors (Lipinski definition) is 4. The lowest BCUT2D eigenvalue weighted by Gasteiger charge is -2.20. The van der Waals surface area contributed by atoms with Crippen LogP contribution in [0.15, 0.2) is 64.2 Å². The summed E-state index contributed by atoms with van der Waals surface area (Å²) in [6.45, 7) is 8.78. The van der Waals surface area contributed by atoms with Crippen LogP contribution < -0.4 is 14.9 Å². The third-order valence-electron chi connectivity index (χ3n) is 4.77. The highest BCUT2D eigenvalue weighted by atomic mass is 79.9. The number of benzene rings is 3. The summed E-state index contributed by atoms with van der Waals surface area (Å²) >= 11 is 3.52. The average molecular weight is 483 g/mol. The Morgan fingerprint density at radius 1 is 1.06 bits per heavy atom. The van der Waals surface area contributed by atoms with Crippen molar-refractivity contribution >= 4 is 38.8 Å². The molecule has 0 bridgehead atoms. The maximum absolute atomic E-state index is 12.2. The van der Waals surface area contributed by atoms with Gasteiger partial charge in [-0.1, -0.05) is 57.2 Å². The Bertz CT molecular complexity index is 1100. The molecule has 0 saturated carbocycles. The molecular weight excluding hydrogens is 456 g/mol. The van der Waals surface area contributed by atoms with Gasteiger partial charge in [-0.15, -0.1) is 0 Å². The Balaban J connectivity index is 1.66. The van der Waals surface area contributed by atoms with E-state index < -0.39 is 0 Å². The van der Waals surface area contributed by atoms with E-state index in [1.807, 2.05) is 61.5 Å². The first-order valence-corrected chi connectivity index (χ1v) is 11.0. The number of rotatable bonds is 7. The molecule has 1 N–H and O–H groups in total. The molecule has 0 spiro atoms. The van der Waals surface area contributed by atoms with Gasteiger partial charge in [0.1, 0.15) is 11.5 Å². The van der Waals surface area contributed by atoms with E-state index in [1.54, 1.807) is 6.21 Å². The molecule has 0 heterocycles. The van der Waals surface area contributed by atoms with Crippen LogP contribution in [-0.2, 0) is 10.2 Å². The molecule has 0 aliphatic rings. The highest BCUT2D eigenvalue weighted by Crippen LogP contribution is 2.31. The molecule has 1 amide bonds. The first-order chi connectivity index (χ1) is 14.8. The normalized spacial score (nSPS) is 11.6. The summed E-state index contributed by atoms with van der Waals surface area (Å²) < 4.78 is 12.2. The molecular formula is C25H27BrN2O3. The van der Waals surface area contributed by atoms with Gasteiger partial charge in [-0.2, -0.15) is 5.10 Å². The van der Waals surface area contributed by atoms with Crippen LogP contribution in [0.2, 0.25) is 0 Å². The standard InChI is InChI=1S/C25H27BrN2O3/c1-5-30-22-12-10-17-8-6-7-9-19(17)20(22)15-27-28-24(29)16-31-23-13-11-18(14-21(23)26)25(2,3)4/h6-15H,5,16H2,1-4H3,(H,28,29)/b27-15+. The van der Waals surface area contributed by atoms with E-state index in [9.17, 15) is 4.79 Å². The fourth-order valence-corrected chi connectivity index (χ4v) is 3.61. The van der Waals surface area contributed by atoms with E-state index >= 15 is 0 Å². The number of halogens is 1. The van der Waals surface area contributed by atoms with Gasteiger partial charge in [0.25, 0.3) is 5.91 Å². The fraction of sp³-hybridized carbons (Fsp3) is 0.280. The number of carbonyl (C=O) groups excluding carboxylic acids is 1. The summed E-state index contributed by atoms with van der Waals surface area (Å²) in [4.78, 5) is 12.2. The van der Waals surface area contributed by atoms with E-state index in [1.165, 1.54) is 5.56 Å². The molecule has 0 saturated heterocycles. The Morgan fingerprint density at radius 2 is 1.81 bits per heavy atom. The fourth-order valence-electron chi connectivity index (χ4n) is 3.12. The van der Waals surface area contributed by atoms with Crippen molar-refractivity contribution in [2.24, 2.45) is 5.10 Å². The minimum atomic E-state index is -0.346. The first kappa shape index (κ1) is 22.8. The minimum absolute atomic E-state index is 0.0368. The average Bonchev–Trinajstić information content (AvgIpc) is 2.73. The van der Waals surface area contributed by atoms with Gasteiger partial charge in [0, 0.05) is 5.56 Å². The lowest BCUT2D eigenvalue weighted by atomic mass is 9.87. The van der Waals surface area contributed by atoms with Crippen molar-refractivity contribution in [3.8, 4) is 11.5 Å². The van der Waals surface area contributed by atoms with Crippen molar-refractivity contribution in [2.75, 3.05) is 13.2 Å². The highest BCUT2D eigenvalue weighted by Gasteiger charge is 2.15. The molecule has 31 heavy (non-hydrogen) atoms. The number of hydrogen-bond donors (Lipinski definition) is 1. The number of fused-ring (bicyclic) bond motifs is 1. The van der Waals surface area contributed by atoms with Crippen LogP contribution in [0.1, 0.15) is 38.8 Å². The number of nitrogens with one attached hydrogen (secondary N) is 1. The van der Waals surface area contributed by atoms with Gasteiger partial charge in [-0.05, 0) is 62.8 Å². The van der Waals surface area contributed by atoms with Crippen molar-refractivity contribution in [1.82, 2.24) is 5.43 Å². The van der Waals surface area contributed by atoms with Gasteiger partial charge in [-0.3, -0.25) is 4.79 Å². The smallest absolute Gasteiger partial charge is 0.277 e. The number of amides is 1. The predicted molar refractivity (Wildman–Crippen MR) is 129 cm³/mol. The van der Waals surface area contributed by atoms with Gasteiger partial charge in [-0.25, -0.2) is 5.43 Å². The second-order valence-corrected chi connectivity index (χ2v) is 8.96. The molecule has 0 atom stereocenters. The molecule has 6 heteroatoms. The molecule has 0 aliphatic carbocycles. The molecule has 3 aromatic rings. The summed E-state index contributed by atoms with van der Waals surface area (Å²) in [5, 5.41) is 6.20. The van der Waals surface area contributed by atoms with Crippen LogP contribution in [-0.4, -0.2) is 25.3 Å². The lowest BCUT2D eigenvalue weighted by Crippen LogP contribution is -2.24. The second kappa shape index (κ2) is 9.96. The Kier molecular flexibility index (Phi) is 7.33. The van der Waals surface area contributed by atoms with Crippen LogP contribution in [0.25, 0.3) is 10.8 Å². The maximum Gasteiger partial charge on any atom is 0.277 e. The number of nitrogens with zero attached hydrogens (tertiary/aromatic N) is 1. The zero-order valence-corrected chi connectivity index (χ0v) is 19.8. The zero-order valence-electron chi connectivity index (χ0n) is 18.2. The quantitative estimate of drug-likeness (QED) is 0.340. The SMILES string of the molecule is CCOc1ccc2ccccc2c1/C=N/NC(=O)COc1ccc(C(C)(C)C)cc1Br. The Hall–Kier alpha value is -2.86. The molecule has 0 fully saturated rings. The molecule has 0 aliphatic heterocycles. The first-order valence-electron chi connectivity index (χ1n) is 10.2. The van der Waals surface area contributed by atoms with Crippen LogP contribution in [0.4, 0.5) is 0 Å². The monoisotopic (exact) mass is 482 g/mol. The van der Waals surface area contributed by atoms with Crippen LogP contribution in [0, 0.1) is 0 Å². The van der Waals surface area contributed by atoms with Crippen molar-refractivity contribution in [1.29, 1.82) is 0 Å². The van der Waals surface area contributed by atoms with Gasteiger partial charge in [0.2, 0.25) is 0 Å². The van der Waals surface area contributed by atoms with Crippen molar-refractivity contribution in [2.45, 2.75) is 33.1 Å². The Labute approximate surface area is 191 Å². The molecule has 162 valence electrons. The summed E-state index contributed by atoms with van der Waals surface area (Å²) in [5.41, 5.74) is 4.56. The number of carbonyl (C=O) groups is 1. The minimum Gasteiger partial charge on any atom is -0.493 e. The van der Waals surface area contributed by atoms with E-state index in [-0.39, 0.29) is 17.9 Å². The van der Waals surface area contributed by atoms with Crippen LogP contribution in [0.5, 0.6) is 11.5 Å². The molecule has 3 aromatic carbocycles. The number of hydrazone groups is 1. The topological polar surface area (TPSA) is 59.9 Å².